The van der Waals surface area contributed by atoms with Gasteiger partial charge in [0.05, 0.1) is 5.56 Å². The fourth-order valence-electron chi connectivity index (χ4n) is 1.67. The zero-order chi connectivity index (χ0) is 13.5. The van der Waals surface area contributed by atoms with Crippen molar-refractivity contribution >= 4 is 5.88 Å². The van der Waals surface area contributed by atoms with Crippen molar-refractivity contribution in [3.63, 3.8) is 0 Å². The standard InChI is InChI=1S/C12H11F3N2O/c1-6-3-4-8(5-7(6)2)9-10(12(13,14)15)17-18-11(9)16/h3-5H,16H2,1-2H3. The molecular weight excluding hydrogens is 245 g/mol. The van der Waals surface area contributed by atoms with E-state index in [2.05, 4.69) is 9.68 Å². The minimum atomic E-state index is -4.59. The molecule has 0 saturated carbocycles. The second-order valence-electron chi connectivity index (χ2n) is 4.07. The molecule has 0 bridgehead atoms. The van der Waals surface area contributed by atoms with Crippen LogP contribution in [0.3, 0.4) is 0 Å². The fourth-order valence-corrected chi connectivity index (χ4v) is 1.67. The van der Waals surface area contributed by atoms with Crippen molar-refractivity contribution in [2.75, 3.05) is 5.73 Å². The molecular formula is C12H11F3N2O. The normalized spacial score (nSPS) is 11.8. The molecule has 1 aromatic carbocycles. The number of alkyl halides is 3. The van der Waals surface area contributed by atoms with Gasteiger partial charge in [0, 0.05) is 0 Å². The van der Waals surface area contributed by atoms with Gasteiger partial charge in [0.2, 0.25) is 5.88 Å². The van der Waals surface area contributed by atoms with Crippen molar-refractivity contribution in [3.05, 3.63) is 35.0 Å². The van der Waals surface area contributed by atoms with Crippen molar-refractivity contribution in [3.8, 4) is 11.1 Å². The lowest BCUT2D eigenvalue weighted by atomic mass is 10.00. The van der Waals surface area contributed by atoms with Crippen molar-refractivity contribution in [1.82, 2.24) is 5.16 Å². The largest absolute Gasteiger partial charge is 0.437 e. The van der Waals surface area contributed by atoms with E-state index < -0.39 is 11.9 Å². The molecule has 1 aromatic heterocycles. The molecule has 3 nitrogen and oxygen atoms in total. The Balaban J connectivity index is 2.63. The van der Waals surface area contributed by atoms with Gasteiger partial charge < -0.3 is 10.3 Å². The van der Waals surface area contributed by atoms with Gasteiger partial charge in [0.1, 0.15) is 0 Å². The molecule has 6 heteroatoms. The maximum absolute atomic E-state index is 12.7. The second-order valence-corrected chi connectivity index (χ2v) is 4.07. The Bertz CT molecular complexity index is 587. The summed E-state index contributed by atoms with van der Waals surface area (Å²) in [4.78, 5) is 0. The van der Waals surface area contributed by atoms with Gasteiger partial charge in [0.15, 0.2) is 5.69 Å². The Hall–Kier alpha value is -1.98. The summed E-state index contributed by atoms with van der Waals surface area (Å²) < 4.78 is 42.7. The van der Waals surface area contributed by atoms with Crippen LogP contribution >= 0.6 is 0 Å². The molecule has 0 fully saturated rings. The van der Waals surface area contributed by atoms with E-state index in [1.165, 1.54) is 0 Å². The first-order chi connectivity index (χ1) is 8.30. The molecule has 0 spiro atoms. The third kappa shape index (κ3) is 2.05. The van der Waals surface area contributed by atoms with E-state index >= 15 is 0 Å². The predicted octanol–water partition coefficient (Wildman–Crippen LogP) is 3.56. The van der Waals surface area contributed by atoms with Crippen LogP contribution in [0.1, 0.15) is 16.8 Å². The van der Waals surface area contributed by atoms with Crippen molar-refractivity contribution in [2.24, 2.45) is 0 Å². The first kappa shape index (κ1) is 12.5. The van der Waals surface area contributed by atoms with Crippen LogP contribution in [0.4, 0.5) is 19.1 Å². The Morgan fingerprint density at radius 2 is 1.83 bits per heavy atom. The molecule has 2 aromatic rings. The number of benzene rings is 1. The Kier molecular flexibility index (Phi) is 2.80. The molecule has 0 aliphatic rings. The van der Waals surface area contributed by atoms with Gasteiger partial charge in [-0.3, -0.25) is 0 Å². The molecule has 0 saturated heterocycles. The Morgan fingerprint density at radius 3 is 2.39 bits per heavy atom. The molecule has 0 aliphatic carbocycles. The smallest absolute Gasteiger partial charge is 0.367 e. The number of hydrogen-bond acceptors (Lipinski definition) is 3. The zero-order valence-electron chi connectivity index (χ0n) is 9.80. The summed E-state index contributed by atoms with van der Waals surface area (Å²) in [6, 6.07) is 4.94. The first-order valence-electron chi connectivity index (χ1n) is 5.20. The minimum Gasteiger partial charge on any atom is -0.367 e. The van der Waals surface area contributed by atoms with Gasteiger partial charge in [-0.05, 0) is 30.5 Å². The molecule has 1 heterocycles. The average molecular weight is 256 g/mol. The van der Waals surface area contributed by atoms with E-state index in [1.807, 2.05) is 13.8 Å². The number of rotatable bonds is 1. The number of halogens is 3. The minimum absolute atomic E-state index is 0.203. The van der Waals surface area contributed by atoms with E-state index in [9.17, 15) is 13.2 Å². The van der Waals surface area contributed by atoms with E-state index in [0.29, 0.717) is 5.56 Å². The van der Waals surface area contributed by atoms with Crippen LogP contribution in [-0.2, 0) is 6.18 Å². The van der Waals surface area contributed by atoms with Crippen LogP contribution in [0.15, 0.2) is 22.7 Å². The first-order valence-corrected chi connectivity index (χ1v) is 5.20. The zero-order valence-corrected chi connectivity index (χ0v) is 9.80. The Morgan fingerprint density at radius 1 is 1.17 bits per heavy atom. The molecule has 18 heavy (non-hydrogen) atoms. The topological polar surface area (TPSA) is 52.0 Å². The summed E-state index contributed by atoms with van der Waals surface area (Å²) >= 11 is 0. The van der Waals surface area contributed by atoms with Crippen LogP contribution in [0.5, 0.6) is 0 Å². The van der Waals surface area contributed by atoms with Gasteiger partial charge in [-0.15, -0.1) is 0 Å². The van der Waals surface area contributed by atoms with Crippen molar-refractivity contribution in [2.45, 2.75) is 20.0 Å². The maximum atomic E-state index is 12.7. The van der Waals surface area contributed by atoms with Gasteiger partial charge in [-0.1, -0.05) is 23.4 Å². The van der Waals surface area contributed by atoms with E-state index in [4.69, 9.17) is 5.73 Å². The summed E-state index contributed by atoms with van der Waals surface area (Å²) in [7, 11) is 0. The number of hydrogen-bond donors (Lipinski definition) is 1. The lowest BCUT2D eigenvalue weighted by molar-refractivity contribution is -0.142. The van der Waals surface area contributed by atoms with Gasteiger partial charge in [0.25, 0.3) is 0 Å². The average Bonchev–Trinajstić information content (AvgIpc) is 2.64. The van der Waals surface area contributed by atoms with Crippen LogP contribution in [0.2, 0.25) is 0 Å². The molecule has 96 valence electrons. The molecule has 2 N–H and O–H groups in total. The lowest BCUT2D eigenvalue weighted by Gasteiger charge is -2.07. The van der Waals surface area contributed by atoms with E-state index in [1.54, 1.807) is 18.2 Å². The number of aryl methyl sites for hydroxylation is 2. The highest BCUT2D eigenvalue weighted by molar-refractivity contribution is 5.76. The third-order valence-electron chi connectivity index (χ3n) is 2.78. The molecule has 0 unspecified atom stereocenters. The highest BCUT2D eigenvalue weighted by Crippen LogP contribution is 2.39. The highest BCUT2D eigenvalue weighted by Gasteiger charge is 2.39. The quantitative estimate of drug-likeness (QED) is 0.848. The molecule has 0 atom stereocenters. The van der Waals surface area contributed by atoms with E-state index in [-0.39, 0.29) is 11.4 Å². The number of nitrogens with zero attached hydrogens (tertiary/aromatic N) is 1. The van der Waals surface area contributed by atoms with Crippen molar-refractivity contribution in [1.29, 1.82) is 0 Å². The third-order valence-corrected chi connectivity index (χ3v) is 2.78. The molecule has 0 amide bonds. The van der Waals surface area contributed by atoms with E-state index in [0.717, 1.165) is 11.1 Å². The number of anilines is 1. The Labute approximate surface area is 101 Å². The molecule has 0 radical (unpaired) electrons. The maximum Gasteiger partial charge on any atom is 0.437 e. The van der Waals surface area contributed by atoms with Crippen LogP contribution in [0.25, 0.3) is 11.1 Å². The van der Waals surface area contributed by atoms with Crippen LogP contribution in [0, 0.1) is 13.8 Å². The van der Waals surface area contributed by atoms with Gasteiger partial charge in [-0.2, -0.15) is 13.2 Å². The summed E-state index contributed by atoms with van der Waals surface area (Å²) in [5.74, 6) is -0.328. The second kappa shape index (κ2) is 4.04. The highest BCUT2D eigenvalue weighted by atomic mass is 19.4. The lowest BCUT2D eigenvalue weighted by Crippen LogP contribution is -2.07. The number of nitrogens with two attached hydrogens (primary N) is 1. The summed E-state index contributed by atoms with van der Waals surface area (Å²) in [6.07, 6.45) is -4.59. The summed E-state index contributed by atoms with van der Waals surface area (Å²) in [5.41, 5.74) is 6.35. The monoisotopic (exact) mass is 256 g/mol. The summed E-state index contributed by atoms with van der Waals surface area (Å²) in [5, 5.41) is 2.99. The predicted molar refractivity (Wildman–Crippen MR) is 60.8 cm³/mol. The molecule has 2 rings (SSSR count). The van der Waals surface area contributed by atoms with Crippen molar-refractivity contribution < 1.29 is 17.7 Å². The van der Waals surface area contributed by atoms with Gasteiger partial charge >= 0.3 is 6.18 Å². The number of nitrogen functional groups attached to an aromatic ring is 1. The fraction of sp³-hybridized carbons (Fsp3) is 0.250. The number of aromatic nitrogens is 1. The van der Waals surface area contributed by atoms with Crippen LogP contribution < -0.4 is 5.73 Å². The van der Waals surface area contributed by atoms with Gasteiger partial charge in [-0.25, -0.2) is 0 Å². The summed E-state index contributed by atoms with van der Waals surface area (Å²) in [6.45, 7) is 3.69. The van der Waals surface area contributed by atoms with Crippen LogP contribution in [-0.4, -0.2) is 5.16 Å². The molecule has 0 aliphatic heterocycles. The SMILES string of the molecule is Cc1ccc(-c2c(C(F)(F)F)noc2N)cc1C.